The number of nitrogens with one attached hydrogen (secondary N) is 1. The maximum absolute atomic E-state index is 10.6. The summed E-state index contributed by atoms with van der Waals surface area (Å²) in [4.78, 5) is 14.6. The number of pyridine rings is 1. The van der Waals surface area contributed by atoms with Gasteiger partial charge in [0.1, 0.15) is 0 Å². The van der Waals surface area contributed by atoms with Crippen LogP contribution in [0.1, 0.15) is 16.1 Å². The van der Waals surface area contributed by atoms with Crippen LogP contribution in [-0.4, -0.2) is 29.1 Å². The summed E-state index contributed by atoms with van der Waals surface area (Å²) in [6, 6.07) is 3.01. The number of aromatic carboxylic acids is 1. The van der Waals surface area contributed by atoms with E-state index in [4.69, 9.17) is 10.8 Å². The lowest BCUT2D eigenvalue weighted by molar-refractivity contribution is 0.0696. The number of hydrogen-bond donors (Lipinski definition) is 3. The molecule has 0 aliphatic heterocycles. The van der Waals surface area contributed by atoms with Crippen molar-refractivity contribution in [2.45, 2.75) is 6.54 Å². The van der Waals surface area contributed by atoms with Gasteiger partial charge in [0.2, 0.25) is 0 Å². The molecular formula is C9H13N3O2. The monoisotopic (exact) mass is 195 g/mol. The van der Waals surface area contributed by atoms with Gasteiger partial charge in [-0.25, -0.2) is 4.79 Å². The van der Waals surface area contributed by atoms with Gasteiger partial charge in [-0.05, 0) is 12.1 Å². The quantitative estimate of drug-likeness (QED) is 0.567. The van der Waals surface area contributed by atoms with E-state index in [2.05, 4.69) is 10.3 Å². The number of rotatable bonds is 5. The van der Waals surface area contributed by atoms with E-state index in [0.29, 0.717) is 25.3 Å². The number of carboxylic acids is 1. The molecule has 0 saturated carbocycles. The van der Waals surface area contributed by atoms with Gasteiger partial charge in [0.25, 0.3) is 0 Å². The molecule has 1 aromatic heterocycles. The van der Waals surface area contributed by atoms with Gasteiger partial charge in [-0.15, -0.1) is 0 Å². The summed E-state index contributed by atoms with van der Waals surface area (Å²) >= 11 is 0. The molecule has 5 heteroatoms. The maximum atomic E-state index is 10.6. The highest BCUT2D eigenvalue weighted by molar-refractivity contribution is 5.87. The molecule has 1 aromatic rings. The third-order valence-corrected chi connectivity index (χ3v) is 1.69. The zero-order valence-electron chi connectivity index (χ0n) is 7.73. The fourth-order valence-corrected chi connectivity index (χ4v) is 1.03. The Morgan fingerprint density at radius 2 is 2.43 bits per heavy atom. The van der Waals surface area contributed by atoms with Crippen molar-refractivity contribution in [2.75, 3.05) is 13.1 Å². The van der Waals surface area contributed by atoms with Gasteiger partial charge in [-0.3, -0.25) is 4.98 Å². The Labute approximate surface area is 82.0 Å². The standard InChI is InChI=1S/C9H13N3O2/c10-2-4-11-6-8-5-7(9(13)14)1-3-12-8/h1,3,5,11H,2,4,6,10H2,(H,13,14). The molecule has 4 N–H and O–H groups in total. The number of hydrogen-bond acceptors (Lipinski definition) is 4. The predicted octanol–water partition coefficient (Wildman–Crippen LogP) is -0.172. The Balaban J connectivity index is 2.59. The minimum Gasteiger partial charge on any atom is -0.478 e. The Kier molecular flexibility index (Phi) is 4.03. The largest absolute Gasteiger partial charge is 0.478 e. The van der Waals surface area contributed by atoms with Crippen molar-refractivity contribution >= 4 is 5.97 Å². The summed E-state index contributed by atoms with van der Waals surface area (Å²) in [5, 5.41) is 11.7. The number of nitrogens with zero attached hydrogens (tertiary/aromatic N) is 1. The first-order valence-corrected chi connectivity index (χ1v) is 4.33. The average Bonchev–Trinajstić information content (AvgIpc) is 2.19. The van der Waals surface area contributed by atoms with Crippen molar-refractivity contribution in [3.8, 4) is 0 Å². The molecule has 0 unspecified atom stereocenters. The van der Waals surface area contributed by atoms with Gasteiger partial charge in [0, 0.05) is 25.8 Å². The molecule has 1 rings (SSSR count). The predicted molar refractivity (Wildman–Crippen MR) is 52.0 cm³/mol. The second kappa shape index (κ2) is 5.31. The third-order valence-electron chi connectivity index (χ3n) is 1.69. The van der Waals surface area contributed by atoms with Crippen molar-refractivity contribution in [1.29, 1.82) is 0 Å². The minimum atomic E-state index is -0.938. The van der Waals surface area contributed by atoms with Crippen molar-refractivity contribution < 1.29 is 9.90 Å². The summed E-state index contributed by atoms with van der Waals surface area (Å²) < 4.78 is 0. The van der Waals surface area contributed by atoms with Crippen molar-refractivity contribution in [1.82, 2.24) is 10.3 Å². The lowest BCUT2D eigenvalue weighted by Gasteiger charge is -2.02. The number of aromatic nitrogens is 1. The van der Waals surface area contributed by atoms with Crippen LogP contribution < -0.4 is 11.1 Å². The molecule has 14 heavy (non-hydrogen) atoms. The van der Waals surface area contributed by atoms with E-state index in [1.165, 1.54) is 12.3 Å². The van der Waals surface area contributed by atoms with E-state index >= 15 is 0 Å². The highest BCUT2D eigenvalue weighted by Crippen LogP contribution is 2.01. The lowest BCUT2D eigenvalue weighted by Crippen LogP contribution is -2.22. The fraction of sp³-hybridized carbons (Fsp3) is 0.333. The van der Waals surface area contributed by atoms with Crippen LogP contribution in [0.25, 0.3) is 0 Å². The minimum absolute atomic E-state index is 0.254. The van der Waals surface area contributed by atoms with Gasteiger partial charge in [-0.1, -0.05) is 0 Å². The Hall–Kier alpha value is -1.46. The maximum Gasteiger partial charge on any atom is 0.335 e. The average molecular weight is 195 g/mol. The summed E-state index contributed by atoms with van der Waals surface area (Å²) in [7, 11) is 0. The van der Waals surface area contributed by atoms with Gasteiger partial charge in [0.05, 0.1) is 11.3 Å². The first-order chi connectivity index (χ1) is 6.74. The summed E-state index contributed by atoms with van der Waals surface area (Å²) in [6.07, 6.45) is 1.49. The molecule has 0 aliphatic rings. The molecule has 76 valence electrons. The van der Waals surface area contributed by atoms with E-state index in [1.807, 2.05) is 0 Å². The topological polar surface area (TPSA) is 88.2 Å². The zero-order valence-corrected chi connectivity index (χ0v) is 7.73. The Bertz CT molecular complexity index is 315. The van der Waals surface area contributed by atoms with Gasteiger partial charge in [-0.2, -0.15) is 0 Å². The van der Waals surface area contributed by atoms with E-state index in [9.17, 15) is 4.79 Å². The van der Waals surface area contributed by atoms with Gasteiger partial charge >= 0.3 is 5.97 Å². The molecule has 0 saturated heterocycles. The molecule has 0 aromatic carbocycles. The van der Waals surface area contributed by atoms with E-state index in [-0.39, 0.29) is 5.56 Å². The summed E-state index contributed by atoms with van der Waals surface area (Å²) in [5.74, 6) is -0.938. The smallest absolute Gasteiger partial charge is 0.335 e. The molecule has 0 spiro atoms. The highest BCUT2D eigenvalue weighted by Gasteiger charge is 2.03. The Morgan fingerprint density at radius 1 is 1.64 bits per heavy atom. The SMILES string of the molecule is NCCNCc1cc(C(=O)O)ccn1. The van der Waals surface area contributed by atoms with Crippen molar-refractivity contribution in [3.63, 3.8) is 0 Å². The normalized spacial score (nSPS) is 10.1. The van der Waals surface area contributed by atoms with Crippen LogP contribution in [0.5, 0.6) is 0 Å². The second-order valence-electron chi connectivity index (χ2n) is 2.81. The molecule has 5 nitrogen and oxygen atoms in total. The lowest BCUT2D eigenvalue weighted by atomic mass is 10.2. The van der Waals surface area contributed by atoms with Crippen LogP contribution in [0.3, 0.4) is 0 Å². The molecule has 0 fully saturated rings. The van der Waals surface area contributed by atoms with Crippen LogP contribution in [0, 0.1) is 0 Å². The number of nitrogens with two attached hydrogens (primary N) is 1. The van der Waals surface area contributed by atoms with Crippen LogP contribution in [0.2, 0.25) is 0 Å². The van der Waals surface area contributed by atoms with Crippen molar-refractivity contribution in [3.05, 3.63) is 29.6 Å². The molecule has 0 aliphatic carbocycles. The first kappa shape index (κ1) is 10.6. The van der Waals surface area contributed by atoms with Gasteiger partial charge < -0.3 is 16.2 Å². The molecule has 0 atom stereocenters. The molecule has 0 radical (unpaired) electrons. The molecular weight excluding hydrogens is 182 g/mol. The first-order valence-electron chi connectivity index (χ1n) is 4.33. The molecule has 0 amide bonds. The van der Waals surface area contributed by atoms with Gasteiger partial charge in [0.15, 0.2) is 0 Å². The van der Waals surface area contributed by atoms with E-state index in [1.54, 1.807) is 6.07 Å². The molecule has 1 heterocycles. The van der Waals surface area contributed by atoms with E-state index in [0.717, 1.165) is 0 Å². The number of carbonyl (C=O) groups is 1. The fourth-order valence-electron chi connectivity index (χ4n) is 1.03. The number of carboxylic acid groups (broad SMARTS) is 1. The Morgan fingerprint density at radius 3 is 3.07 bits per heavy atom. The van der Waals surface area contributed by atoms with E-state index < -0.39 is 5.97 Å². The van der Waals surface area contributed by atoms with Crippen molar-refractivity contribution in [2.24, 2.45) is 5.73 Å². The van der Waals surface area contributed by atoms with Crippen LogP contribution >= 0.6 is 0 Å². The summed E-state index contributed by atoms with van der Waals surface area (Å²) in [5.41, 5.74) is 6.25. The molecule has 0 bridgehead atoms. The van der Waals surface area contributed by atoms with Crippen LogP contribution in [0.15, 0.2) is 18.3 Å². The van der Waals surface area contributed by atoms with Crippen LogP contribution in [-0.2, 0) is 6.54 Å². The zero-order chi connectivity index (χ0) is 10.4. The van der Waals surface area contributed by atoms with Crippen LogP contribution in [0.4, 0.5) is 0 Å². The highest BCUT2D eigenvalue weighted by atomic mass is 16.4. The second-order valence-corrected chi connectivity index (χ2v) is 2.81. The third kappa shape index (κ3) is 3.12. The summed E-state index contributed by atoms with van der Waals surface area (Å²) in [6.45, 7) is 1.79.